The summed E-state index contributed by atoms with van der Waals surface area (Å²) in [5.74, 6) is -1.32. The van der Waals surface area contributed by atoms with Crippen molar-refractivity contribution < 1.29 is 27.1 Å². The molecule has 0 saturated carbocycles. The maximum absolute atomic E-state index is 15.0. The van der Waals surface area contributed by atoms with E-state index in [1.54, 1.807) is 57.2 Å². The van der Waals surface area contributed by atoms with Crippen molar-refractivity contribution in [3.05, 3.63) is 89.7 Å². The van der Waals surface area contributed by atoms with Crippen molar-refractivity contribution in [2.75, 3.05) is 18.0 Å². The summed E-state index contributed by atoms with van der Waals surface area (Å²) in [7, 11) is -2.83. The average Bonchev–Trinajstić information content (AvgIpc) is 2.90. The minimum atomic E-state index is -4.35. The smallest absolute Gasteiger partial charge is 0.264 e. The lowest BCUT2D eigenvalue weighted by Crippen LogP contribution is -2.52. The minimum Gasteiger partial charge on any atom is -0.497 e. The van der Waals surface area contributed by atoms with E-state index in [0.717, 1.165) is 15.9 Å². The number of hydrogen-bond acceptors (Lipinski definition) is 5. The van der Waals surface area contributed by atoms with Gasteiger partial charge in [-0.3, -0.25) is 13.9 Å². The molecule has 0 radical (unpaired) electrons. The number of nitrogens with zero attached hydrogens (tertiary/aromatic N) is 2. The Morgan fingerprint density at radius 1 is 0.974 bits per heavy atom. The third-order valence-corrected chi connectivity index (χ3v) is 7.87. The molecule has 0 fully saturated rings. The number of carbonyl (C=O) groups is 2. The molecule has 1 atom stereocenters. The normalized spacial score (nSPS) is 12.1. The first kappa shape index (κ1) is 29.6. The molecule has 10 heteroatoms. The van der Waals surface area contributed by atoms with Gasteiger partial charge < -0.3 is 15.0 Å². The van der Waals surface area contributed by atoms with E-state index in [1.807, 2.05) is 6.92 Å². The van der Waals surface area contributed by atoms with Crippen LogP contribution in [-0.2, 0) is 26.2 Å². The van der Waals surface area contributed by atoms with Crippen molar-refractivity contribution in [2.24, 2.45) is 0 Å². The fourth-order valence-electron chi connectivity index (χ4n) is 3.96. The molecule has 2 amide bonds. The van der Waals surface area contributed by atoms with Gasteiger partial charge in [-0.2, -0.15) is 0 Å². The molecule has 0 aliphatic heterocycles. The molecule has 208 valence electrons. The lowest BCUT2D eigenvalue weighted by atomic mass is 10.1. The number of halogens is 1. The van der Waals surface area contributed by atoms with Gasteiger partial charge in [-0.15, -0.1) is 0 Å². The van der Waals surface area contributed by atoms with Crippen LogP contribution in [0.15, 0.2) is 77.7 Å². The number of methoxy groups -OCH3 is 1. The van der Waals surface area contributed by atoms with Crippen molar-refractivity contribution in [1.29, 1.82) is 0 Å². The number of sulfonamides is 1. The van der Waals surface area contributed by atoms with E-state index in [2.05, 4.69) is 5.32 Å². The molecule has 0 aromatic heterocycles. The average molecular weight is 556 g/mol. The lowest BCUT2D eigenvalue weighted by molar-refractivity contribution is -0.139. The summed E-state index contributed by atoms with van der Waals surface area (Å²) < 4.78 is 48.5. The summed E-state index contributed by atoms with van der Waals surface area (Å²) in [6.45, 7) is 6.25. The fourth-order valence-corrected chi connectivity index (χ4v) is 5.38. The van der Waals surface area contributed by atoms with Gasteiger partial charge >= 0.3 is 0 Å². The maximum atomic E-state index is 15.0. The zero-order valence-corrected chi connectivity index (χ0v) is 23.5. The van der Waals surface area contributed by atoms with Crippen LogP contribution in [0.4, 0.5) is 10.1 Å². The van der Waals surface area contributed by atoms with Gasteiger partial charge in [0, 0.05) is 12.6 Å². The predicted molar refractivity (Wildman–Crippen MR) is 148 cm³/mol. The van der Waals surface area contributed by atoms with Crippen LogP contribution >= 0.6 is 0 Å². The summed E-state index contributed by atoms with van der Waals surface area (Å²) in [4.78, 5) is 28.0. The molecule has 0 unspecified atom stereocenters. The lowest BCUT2D eigenvalue weighted by Gasteiger charge is -2.32. The predicted octanol–water partition coefficient (Wildman–Crippen LogP) is 4.28. The topological polar surface area (TPSA) is 96.0 Å². The summed E-state index contributed by atoms with van der Waals surface area (Å²) >= 11 is 0. The SMILES string of the molecule is COc1cccc(CN(C(=O)CN(c2ccccc2F)S(=O)(=O)c2ccc(C)cc2)[C@H](C)C(=O)NC(C)C)c1. The first-order valence-electron chi connectivity index (χ1n) is 12.5. The van der Waals surface area contributed by atoms with Crippen LogP contribution < -0.4 is 14.4 Å². The highest BCUT2D eigenvalue weighted by molar-refractivity contribution is 7.92. The molecule has 3 rings (SSSR count). The van der Waals surface area contributed by atoms with Crippen LogP contribution in [0.3, 0.4) is 0 Å². The quantitative estimate of drug-likeness (QED) is 0.381. The Balaban J connectivity index is 2.05. The minimum absolute atomic E-state index is 0.00158. The number of ether oxygens (including phenoxy) is 1. The monoisotopic (exact) mass is 555 g/mol. The highest BCUT2D eigenvalue weighted by Gasteiger charge is 2.33. The van der Waals surface area contributed by atoms with Gasteiger partial charge in [-0.1, -0.05) is 42.0 Å². The number of hydrogen-bond donors (Lipinski definition) is 1. The van der Waals surface area contributed by atoms with E-state index in [4.69, 9.17) is 4.74 Å². The molecule has 8 nitrogen and oxygen atoms in total. The molecule has 0 bridgehead atoms. The summed E-state index contributed by atoms with van der Waals surface area (Å²) in [6, 6.07) is 17.3. The molecular formula is C29H34FN3O5S. The van der Waals surface area contributed by atoms with Crippen molar-refractivity contribution in [2.45, 2.75) is 51.2 Å². The molecule has 0 heterocycles. The molecule has 1 N–H and O–H groups in total. The van der Waals surface area contributed by atoms with Crippen LogP contribution in [-0.4, -0.2) is 50.9 Å². The highest BCUT2D eigenvalue weighted by Crippen LogP contribution is 2.27. The summed E-state index contributed by atoms with van der Waals surface area (Å²) in [5, 5.41) is 2.79. The third-order valence-electron chi connectivity index (χ3n) is 6.09. The van der Waals surface area contributed by atoms with Gasteiger partial charge in [-0.25, -0.2) is 12.8 Å². The van der Waals surface area contributed by atoms with E-state index in [1.165, 1.54) is 42.3 Å². The molecule has 3 aromatic rings. The number of benzene rings is 3. The Kier molecular flexibility index (Phi) is 9.69. The Hall–Kier alpha value is -3.92. The first-order chi connectivity index (χ1) is 18.4. The number of amides is 2. The van der Waals surface area contributed by atoms with Gasteiger partial charge in [0.1, 0.15) is 24.2 Å². The zero-order chi connectivity index (χ0) is 28.7. The molecule has 0 aliphatic carbocycles. The van der Waals surface area contributed by atoms with Crippen LogP contribution in [0.2, 0.25) is 0 Å². The number of rotatable bonds is 11. The van der Waals surface area contributed by atoms with Gasteiger partial charge in [0.15, 0.2) is 0 Å². The molecular weight excluding hydrogens is 521 g/mol. The van der Waals surface area contributed by atoms with Gasteiger partial charge in [0.25, 0.3) is 10.0 Å². The van der Waals surface area contributed by atoms with Gasteiger partial charge in [-0.05, 0) is 69.7 Å². The third kappa shape index (κ3) is 7.35. The molecule has 3 aromatic carbocycles. The Bertz CT molecular complexity index is 1410. The maximum Gasteiger partial charge on any atom is 0.264 e. The van der Waals surface area contributed by atoms with Crippen molar-refractivity contribution in [1.82, 2.24) is 10.2 Å². The Morgan fingerprint density at radius 2 is 1.64 bits per heavy atom. The number of anilines is 1. The van der Waals surface area contributed by atoms with Gasteiger partial charge in [0.2, 0.25) is 11.8 Å². The standard InChI is InChI=1S/C29H34FN3O5S/c1-20(2)31-29(35)22(4)32(18-23-9-8-10-24(17-23)38-5)28(34)19-33(27-12-7-6-11-26(27)30)39(36,37)25-15-13-21(3)14-16-25/h6-17,20,22H,18-19H2,1-5H3,(H,31,35)/t22-/m1/s1. The molecule has 0 saturated heterocycles. The largest absolute Gasteiger partial charge is 0.497 e. The molecule has 0 spiro atoms. The fraction of sp³-hybridized carbons (Fsp3) is 0.310. The number of carbonyl (C=O) groups excluding carboxylic acids is 2. The number of nitrogens with one attached hydrogen (secondary N) is 1. The summed E-state index contributed by atoms with van der Waals surface area (Å²) in [6.07, 6.45) is 0. The summed E-state index contributed by atoms with van der Waals surface area (Å²) in [5.41, 5.74) is 1.25. The zero-order valence-electron chi connectivity index (χ0n) is 22.7. The van der Waals surface area contributed by atoms with Crippen molar-refractivity contribution in [3.8, 4) is 5.75 Å². The molecule has 39 heavy (non-hydrogen) atoms. The van der Waals surface area contributed by atoms with E-state index < -0.39 is 40.2 Å². The number of para-hydroxylation sites is 1. The van der Waals surface area contributed by atoms with Gasteiger partial charge in [0.05, 0.1) is 17.7 Å². The van der Waals surface area contributed by atoms with E-state index >= 15 is 0 Å². The second-order valence-corrected chi connectivity index (χ2v) is 11.4. The van der Waals surface area contributed by atoms with Crippen LogP contribution in [0.25, 0.3) is 0 Å². The van der Waals surface area contributed by atoms with Crippen molar-refractivity contribution in [3.63, 3.8) is 0 Å². The van der Waals surface area contributed by atoms with Crippen LogP contribution in [0.1, 0.15) is 31.9 Å². The Labute approximate surface area is 229 Å². The van der Waals surface area contributed by atoms with Crippen LogP contribution in [0, 0.1) is 12.7 Å². The second kappa shape index (κ2) is 12.8. The van der Waals surface area contributed by atoms with Crippen LogP contribution in [0.5, 0.6) is 5.75 Å². The second-order valence-electron chi connectivity index (χ2n) is 9.49. The van der Waals surface area contributed by atoms with E-state index in [-0.39, 0.29) is 23.2 Å². The highest BCUT2D eigenvalue weighted by atomic mass is 32.2. The Morgan fingerprint density at radius 3 is 2.26 bits per heavy atom. The number of aryl methyl sites for hydroxylation is 1. The van der Waals surface area contributed by atoms with Crippen molar-refractivity contribution >= 4 is 27.5 Å². The van der Waals surface area contributed by atoms with E-state index in [9.17, 15) is 22.4 Å². The molecule has 0 aliphatic rings. The van der Waals surface area contributed by atoms with E-state index in [0.29, 0.717) is 11.3 Å². The first-order valence-corrected chi connectivity index (χ1v) is 13.9.